The van der Waals surface area contributed by atoms with Crippen LogP contribution in [0.2, 0.25) is 0 Å². The van der Waals surface area contributed by atoms with Gasteiger partial charge >= 0.3 is 0 Å². The van der Waals surface area contributed by atoms with Crippen LogP contribution >= 0.6 is 0 Å². The summed E-state index contributed by atoms with van der Waals surface area (Å²) in [5.74, 6) is -0.479. The highest BCUT2D eigenvalue weighted by Gasteiger charge is 2.06. The number of carbonyl (C=O) groups excluding carboxylic acids is 1. The summed E-state index contributed by atoms with van der Waals surface area (Å²) in [6.45, 7) is 0. The number of nitrogen functional groups attached to an aromatic ring is 1. The first-order valence-corrected chi connectivity index (χ1v) is 4.12. The number of rotatable bonds is 1. The van der Waals surface area contributed by atoms with Crippen LogP contribution in [0.4, 0.5) is 5.69 Å². The predicted octanol–water partition coefficient (Wildman–Crippen LogP) is 0.916. The molecule has 4 nitrogen and oxygen atoms in total. The lowest BCUT2D eigenvalue weighted by atomic mass is 10.1. The molecule has 1 aromatic carbocycles. The van der Waals surface area contributed by atoms with Gasteiger partial charge in [-0.2, -0.15) is 0 Å². The van der Waals surface area contributed by atoms with Crippen LogP contribution in [0.1, 0.15) is 10.4 Å². The van der Waals surface area contributed by atoms with Crippen LogP contribution in [0.15, 0.2) is 30.5 Å². The maximum absolute atomic E-state index is 11.1. The number of anilines is 1. The van der Waals surface area contributed by atoms with Crippen molar-refractivity contribution in [3.8, 4) is 0 Å². The topological polar surface area (TPSA) is 82.0 Å². The fourth-order valence-electron chi connectivity index (χ4n) is 1.38. The van der Waals surface area contributed by atoms with Crippen molar-refractivity contribution >= 4 is 22.5 Å². The minimum absolute atomic E-state index is 0.419. The third-order valence-corrected chi connectivity index (χ3v) is 2.00. The number of nitrogens with two attached hydrogens (primary N) is 2. The molecule has 0 unspecified atom stereocenters. The molecule has 0 aliphatic carbocycles. The first-order valence-electron chi connectivity index (χ1n) is 4.12. The van der Waals surface area contributed by atoms with E-state index >= 15 is 0 Å². The van der Waals surface area contributed by atoms with Gasteiger partial charge in [0.15, 0.2) is 0 Å². The number of para-hydroxylation sites is 1. The van der Waals surface area contributed by atoms with Crippen molar-refractivity contribution in [3.05, 3.63) is 36.0 Å². The number of pyridine rings is 1. The van der Waals surface area contributed by atoms with Gasteiger partial charge in [-0.1, -0.05) is 12.1 Å². The fourth-order valence-corrected chi connectivity index (χ4v) is 1.38. The molecule has 0 fully saturated rings. The van der Waals surface area contributed by atoms with Gasteiger partial charge in [-0.15, -0.1) is 0 Å². The number of hydrogen-bond acceptors (Lipinski definition) is 3. The average Bonchev–Trinajstić information content (AvgIpc) is 2.16. The molecule has 2 rings (SSSR count). The van der Waals surface area contributed by atoms with E-state index in [1.807, 2.05) is 6.07 Å². The highest BCUT2D eigenvalue weighted by Crippen LogP contribution is 2.17. The van der Waals surface area contributed by atoms with Gasteiger partial charge in [0.05, 0.1) is 23.0 Å². The largest absolute Gasteiger partial charge is 0.397 e. The number of fused-ring (bicyclic) bond motifs is 1. The summed E-state index contributed by atoms with van der Waals surface area (Å²) in [7, 11) is 0. The third kappa shape index (κ3) is 1.26. The summed E-state index contributed by atoms with van der Waals surface area (Å²) in [4.78, 5) is 15.1. The molecule has 0 aliphatic heterocycles. The Morgan fingerprint density at radius 1 is 1.36 bits per heavy atom. The molecule has 4 heteroatoms. The number of hydrogen-bond donors (Lipinski definition) is 2. The fraction of sp³-hybridized carbons (Fsp3) is 0. The van der Waals surface area contributed by atoms with E-state index in [1.54, 1.807) is 18.2 Å². The van der Waals surface area contributed by atoms with Crippen molar-refractivity contribution in [1.29, 1.82) is 0 Å². The second kappa shape index (κ2) is 2.99. The molecule has 0 saturated heterocycles. The summed E-state index contributed by atoms with van der Waals surface area (Å²) in [5, 5.41) is 0.821. The van der Waals surface area contributed by atoms with E-state index in [2.05, 4.69) is 4.98 Å². The van der Waals surface area contributed by atoms with E-state index in [0.29, 0.717) is 16.8 Å². The quantitative estimate of drug-likeness (QED) is 0.696. The van der Waals surface area contributed by atoms with Gasteiger partial charge in [0, 0.05) is 5.39 Å². The molecular weight excluding hydrogens is 178 g/mol. The van der Waals surface area contributed by atoms with Crippen LogP contribution in [-0.4, -0.2) is 10.9 Å². The molecular formula is C10H9N3O. The number of nitrogens with zero attached hydrogens (tertiary/aromatic N) is 1. The molecule has 0 bridgehead atoms. The van der Waals surface area contributed by atoms with Gasteiger partial charge in [-0.05, 0) is 12.1 Å². The zero-order valence-electron chi connectivity index (χ0n) is 7.40. The lowest BCUT2D eigenvalue weighted by Crippen LogP contribution is -2.11. The summed E-state index contributed by atoms with van der Waals surface area (Å²) >= 11 is 0. The molecule has 70 valence electrons. The van der Waals surface area contributed by atoms with Gasteiger partial charge in [-0.3, -0.25) is 9.78 Å². The summed E-state index contributed by atoms with van der Waals surface area (Å²) in [6, 6.07) is 7.00. The van der Waals surface area contributed by atoms with Gasteiger partial charge in [-0.25, -0.2) is 0 Å². The molecule has 0 radical (unpaired) electrons. The van der Waals surface area contributed by atoms with E-state index in [0.717, 1.165) is 5.39 Å². The van der Waals surface area contributed by atoms with Crippen molar-refractivity contribution in [2.24, 2.45) is 5.73 Å². The second-order valence-corrected chi connectivity index (χ2v) is 3.01. The molecule has 14 heavy (non-hydrogen) atoms. The Morgan fingerprint density at radius 2 is 2.14 bits per heavy atom. The molecule has 0 atom stereocenters. The van der Waals surface area contributed by atoms with Crippen molar-refractivity contribution in [1.82, 2.24) is 4.98 Å². The Kier molecular flexibility index (Phi) is 1.81. The standard InChI is InChI=1S/C10H9N3O/c11-7-4-6-2-1-3-8(10(12)14)9(6)13-5-7/h1-5H,11H2,(H2,12,14). The minimum Gasteiger partial charge on any atom is -0.397 e. The van der Waals surface area contributed by atoms with Crippen LogP contribution in [0, 0.1) is 0 Å². The lowest BCUT2D eigenvalue weighted by molar-refractivity contribution is 0.100. The van der Waals surface area contributed by atoms with Crippen LogP contribution in [0.25, 0.3) is 10.9 Å². The van der Waals surface area contributed by atoms with E-state index in [9.17, 15) is 4.79 Å². The van der Waals surface area contributed by atoms with E-state index in [4.69, 9.17) is 11.5 Å². The van der Waals surface area contributed by atoms with Crippen molar-refractivity contribution < 1.29 is 4.79 Å². The van der Waals surface area contributed by atoms with Gasteiger partial charge in [0.2, 0.25) is 0 Å². The zero-order chi connectivity index (χ0) is 10.1. The van der Waals surface area contributed by atoms with Gasteiger partial charge in [0.25, 0.3) is 5.91 Å². The van der Waals surface area contributed by atoms with E-state index < -0.39 is 5.91 Å². The monoisotopic (exact) mass is 187 g/mol. The van der Waals surface area contributed by atoms with Gasteiger partial charge < -0.3 is 11.5 Å². The average molecular weight is 187 g/mol. The summed E-state index contributed by atoms with van der Waals surface area (Å²) in [6.07, 6.45) is 1.51. The Hall–Kier alpha value is -2.10. The Morgan fingerprint density at radius 3 is 2.86 bits per heavy atom. The van der Waals surface area contributed by atoms with Crippen LogP contribution in [0.3, 0.4) is 0 Å². The molecule has 0 aliphatic rings. The zero-order valence-corrected chi connectivity index (χ0v) is 7.40. The Bertz CT molecular complexity index is 508. The molecule has 0 spiro atoms. The maximum atomic E-state index is 11.1. The molecule has 0 saturated carbocycles. The summed E-state index contributed by atoms with van der Waals surface area (Å²) in [5.41, 5.74) is 12.4. The van der Waals surface area contributed by atoms with E-state index in [1.165, 1.54) is 6.20 Å². The SMILES string of the molecule is NC(=O)c1cccc2cc(N)cnc12. The van der Waals surface area contributed by atoms with Crippen LogP contribution < -0.4 is 11.5 Å². The number of carbonyl (C=O) groups is 1. The number of aromatic nitrogens is 1. The molecule has 1 heterocycles. The molecule has 1 amide bonds. The highest BCUT2D eigenvalue weighted by atomic mass is 16.1. The Labute approximate surface area is 80.5 Å². The first-order chi connectivity index (χ1) is 6.68. The van der Waals surface area contributed by atoms with E-state index in [-0.39, 0.29) is 0 Å². The third-order valence-electron chi connectivity index (χ3n) is 2.00. The normalized spacial score (nSPS) is 10.3. The molecule has 4 N–H and O–H groups in total. The molecule has 2 aromatic rings. The molecule has 1 aromatic heterocycles. The second-order valence-electron chi connectivity index (χ2n) is 3.01. The number of primary amides is 1. The predicted molar refractivity (Wildman–Crippen MR) is 54.7 cm³/mol. The van der Waals surface area contributed by atoms with Crippen LogP contribution in [0.5, 0.6) is 0 Å². The number of benzene rings is 1. The van der Waals surface area contributed by atoms with Crippen molar-refractivity contribution in [3.63, 3.8) is 0 Å². The minimum atomic E-state index is -0.479. The van der Waals surface area contributed by atoms with Crippen LogP contribution in [-0.2, 0) is 0 Å². The summed E-state index contributed by atoms with van der Waals surface area (Å²) < 4.78 is 0. The number of amides is 1. The maximum Gasteiger partial charge on any atom is 0.250 e. The lowest BCUT2D eigenvalue weighted by Gasteiger charge is -2.02. The van der Waals surface area contributed by atoms with Crippen molar-refractivity contribution in [2.45, 2.75) is 0 Å². The van der Waals surface area contributed by atoms with Gasteiger partial charge in [0.1, 0.15) is 0 Å². The highest BCUT2D eigenvalue weighted by molar-refractivity contribution is 6.04. The van der Waals surface area contributed by atoms with Crippen molar-refractivity contribution in [2.75, 3.05) is 5.73 Å². The first kappa shape index (κ1) is 8.50. The Balaban J connectivity index is 2.81. The smallest absolute Gasteiger partial charge is 0.250 e.